The highest BCUT2D eigenvalue weighted by Crippen LogP contribution is 2.23. The summed E-state index contributed by atoms with van der Waals surface area (Å²) in [5, 5.41) is 3.18. The van der Waals surface area contributed by atoms with Crippen LogP contribution >= 0.6 is 11.6 Å². The van der Waals surface area contributed by atoms with E-state index in [9.17, 15) is 4.39 Å². The highest BCUT2D eigenvalue weighted by atomic mass is 35.5. The molecule has 102 valence electrons. The molecule has 2 aromatic rings. The Labute approximate surface area is 116 Å². The Hall–Kier alpha value is -1.59. The Morgan fingerprint density at radius 3 is 3.00 bits per heavy atom. The molecule has 0 radical (unpaired) electrons. The van der Waals surface area contributed by atoms with Crippen molar-refractivity contribution < 1.29 is 9.13 Å². The zero-order chi connectivity index (χ0) is 13.8. The zero-order valence-electron chi connectivity index (χ0n) is 10.7. The third-order valence-electron chi connectivity index (χ3n) is 2.73. The molecule has 0 aliphatic heterocycles. The molecule has 0 bridgehead atoms. The van der Waals surface area contributed by atoms with Crippen LogP contribution < -0.4 is 5.32 Å². The van der Waals surface area contributed by atoms with E-state index in [1.165, 1.54) is 12.1 Å². The summed E-state index contributed by atoms with van der Waals surface area (Å²) in [4.78, 5) is 4.23. The normalized spacial score (nSPS) is 12.4. The number of anilines is 2. The van der Waals surface area contributed by atoms with Crippen molar-refractivity contribution in [2.45, 2.75) is 13.0 Å². The monoisotopic (exact) mass is 283 g/mol. The minimum Gasteiger partial charge on any atom is -0.383 e. The number of hydrogen-bond donors (Lipinski definition) is 1. The Balaban J connectivity index is 2.19. The second kappa shape index (κ2) is 6.04. The van der Waals surface area contributed by atoms with E-state index in [1.54, 1.807) is 19.4 Å². The van der Waals surface area contributed by atoms with Gasteiger partial charge in [-0.2, -0.15) is 0 Å². The van der Waals surface area contributed by atoms with E-state index in [4.69, 9.17) is 16.3 Å². The molecule has 0 spiro atoms. The SMILES string of the molecule is COCC(C)n1ccnc1Nc1ccc(F)c(Cl)c1. The van der Waals surface area contributed by atoms with E-state index in [2.05, 4.69) is 10.3 Å². The van der Waals surface area contributed by atoms with Gasteiger partial charge in [-0.1, -0.05) is 11.6 Å². The van der Waals surface area contributed by atoms with Gasteiger partial charge in [0, 0.05) is 25.2 Å². The lowest BCUT2D eigenvalue weighted by Crippen LogP contribution is -2.12. The molecule has 1 N–H and O–H groups in total. The van der Waals surface area contributed by atoms with Gasteiger partial charge < -0.3 is 14.6 Å². The van der Waals surface area contributed by atoms with Gasteiger partial charge in [0.15, 0.2) is 0 Å². The number of rotatable bonds is 5. The maximum atomic E-state index is 13.1. The van der Waals surface area contributed by atoms with Gasteiger partial charge in [-0.25, -0.2) is 9.37 Å². The number of ether oxygens (including phenoxy) is 1. The molecule has 0 amide bonds. The first-order valence-corrected chi connectivity index (χ1v) is 6.23. The second-order valence-corrected chi connectivity index (χ2v) is 4.62. The Morgan fingerprint density at radius 1 is 1.53 bits per heavy atom. The van der Waals surface area contributed by atoms with Crippen LogP contribution in [0.4, 0.5) is 16.0 Å². The van der Waals surface area contributed by atoms with Crippen LogP contribution in [0.3, 0.4) is 0 Å². The minimum absolute atomic E-state index is 0.0769. The number of hydrogen-bond acceptors (Lipinski definition) is 3. The van der Waals surface area contributed by atoms with Crippen LogP contribution in [-0.2, 0) is 4.74 Å². The van der Waals surface area contributed by atoms with E-state index in [0.29, 0.717) is 18.2 Å². The third kappa shape index (κ3) is 3.24. The Bertz CT molecular complexity index is 559. The van der Waals surface area contributed by atoms with Gasteiger partial charge in [0.1, 0.15) is 5.82 Å². The fraction of sp³-hybridized carbons (Fsp3) is 0.308. The van der Waals surface area contributed by atoms with E-state index in [0.717, 1.165) is 0 Å². The van der Waals surface area contributed by atoms with Crippen molar-refractivity contribution in [2.24, 2.45) is 0 Å². The largest absolute Gasteiger partial charge is 0.383 e. The van der Waals surface area contributed by atoms with Crippen LogP contribution in [0.15, 0.2) is 30.6 Å². The summed E-state index contributed by atoms with van der Waals surface area (Å²) in [6.07, 6.45) is 3.55. The average molecular weight is 284 g/mol. The van der Waals surface area contributed by atoms with Gasteiger partial charge in [-0.05, 0) is 25.1 Å². The maximum absolute atomic E-state index is 13.1. The molecule has 0 aliphatic carbocycles. The molecule has 1 unspecified atom stereocenters. The molecule has 1 atom stereocenters. The predicted octanol–water partition coefficient (Wildman–Crippen LogP) is 3.63. The zero-order valence-corrected chi connectivity index (χ0v) is 11.5. The van der Waals surface area contributed by atoms with Gasteiger partial charge in [0.05, 0.1) is 17.7 Å². The standard InChI is InChI=1S/C13H15ClFN3O/c1-9(8-19-2)18-6-5-16-13(18)17-10-3-4-12(15)11(14)7-10/h3-7,9H,8H2,1-2H3,(H,16,17). The van der Waals surface area contributed by atoms with E-state index < -0.39 is 5.82 Å². The number of imidazole rings is 1. The number of halogens is 2. The number of methoxy groups -OCH3 is 1. The molecular formula is C13H15ClFN3O. The lowest BCUT2D eigenvalue weighted by Gasteiger charge is -2.16. The molecule has 1 aromatic carbocycles. The van der Waals surface area contributed by atoms with E-state index in [-0.39, 0.29) is 11.1 Å². The molecule has 2 rings (SSSR count). The number of aromatic nitrogens is 2. The van der Waals surface area contributed by atoms with Gasteiger partial charge in [-0.15, -0.1) is 0 Å². The summed E-state index contributed by atoms with van der Waals surface area (Å²) < 4.78 is 20.2. The highest BCUT2D eigenvalue weighted by molar-refractivity contribution is 6.31. The van der Waals surface area contributed by atoms with Crippen molar-refractivity contribution in [3.8, 4) is 0 Å². The summed E-state index contributed by atoms with van der Waals surface area (Å²) in [6, 6.07) is 4.60. The molecule has 6 heteroatoms. The summed E-state index contributed by atoms with van der Waals surface area (Å²) in [5.41, 5.74) is 0.684. The smallest absolute Gasteiger partial charge is 0.207 e. The molecule has 0 aliphatic rings. The molecule has 0 fully saturated rings. The lowest BCUT2D eigenvalue weighted by molar-refractivity contribution is 0.163. The first kappa shape index (κ1) is 13.8. The van der Waals surface area contributed by atoms with Crippen molar-refractivity contribution in [3.05, 3.63) is 41.4 Å². The minimum atomic E-state index is -0.441. The van der Waals surface area contributed by atoms with Crippen LogP contribution in [0.2, 0.25) is 5.02 Å². The maximum Gasteiger partial charge on any atom is 0.207 e. The topological polar surface area (TPSA) is 39.1 Å². The summed E-state index contributed by atoms with van der Waals surface area (Å²) in [5.74, 6) is 0.218. The van der Waals surface area contributed by atoms with E-state index >= 15 is 0 Å². The van der Waals surface area contributed by atoms with E-state index in [1.807, 2.05) is 17.7 Å². The highest BCUT2D eigenvalue weighted by Gasteiger charge is 2.10. The van der Waals surface area contributed by atoms with Crippen molar-refractivity contribution in [1.29, 1.82) is 0 Å². The number of benzene rings is 1. The molecular weight excluding hydrogens is 269 g/mol. The molecule has 1 aromatic heterocycles. The first-order valence-electron chi connectivity index (χ1n) is 5.85. The lowest BCUT2D eigenvalue weighted by atomic mass is 10.3. The van der Waals surface area contributed by atoms with Gasteiger partial charge in [-0.3, -0.25) is 0 Å². The van der Waals surface area contributed by atoms with Crippen LogP contribution in [0.5, 0.6) is 0 Å². The van der Waals surface area contributed by atoms with Crippen molar-refractivity contribution >= 4 is 23.2 Å². The van der Waals surface area contributed by atoms with Crippen molar-refractivity contribution in [3.63, 3.8) is 0 Å². The molecule has 0 saturated heterocycles. The molecule has 4 nitrogen and oxygen atoms in total. The average Bonchev–Trinajstić information content (AvgIpc) is 2.82. The first-order chi connectivity index (χ1) is 9.11. The predicted molar refractivity (Wildman–Crippen MR) is 73.5 cm³/mol. The summed E-state index contributed by atoms with van der Waals surface area (Å²) in [7, 11) is 1.65. The fourth-order valence-electron chi connectivity index (χ4n) is 1.79. The number of nitrogens with zero attached hydrogens (tertiary/aromatic N) is 2. The third-order valence-corrected chi connectivity index (χ3v) is 3.02. The van der Waals surface area contributed by atoms with Crippen LogP contribution in [0.1, 0.15) is 13.0 Å². The molecule has 1 heterocycles. The summed E-state index contributed by atoms with van der Waals surface area (Å²) >= 11 is 5.74. The van der Waals surface area contributed by atoms with Gasteiger partial charge in [0.25, 0.3) is 0 Å². The quantitative estimate of drug-likeness (QED) is 0.911. The van der Waals surface area contributed by atoms with Crippen LogP contribution in [0.25, 0.3) is 0 Å². The van der Waals surface area contributed by atoms with Gasteiger partial charge in [0.2, 0.25) is 5.95 Å². The summed E-state index contributed by atoms with van der Waals surface area (Å²) in [6.45, 7) is 2.60. The van der Waals surface area contributed by atoms with Crippen molar-refractivity contribution in [1.82, 2.24) is 9.55 Å². The Kier molecular flexibility index (Phi) is 4.39. The Morgan fingerprint density at radius 2 is 2.32 bits per heavy atom. The van der Waals surface area contributed by atoms with Crippen LogP contribution in [0, 0.1) is 5.82 Å². The van der Waals surface area contributed by atoms with Crippen LogP contribution in [-0.4, -0.2) is 23.3 Å². The molecule has 0 saturated carbocycles. The van der Waals surface area contributed by atoms with Gasteiger partial charge >= 0.3 is 0 Å². The fourth-order valence-corrected chi connectivity index (χ4v) is 1.97. The molecule has 19 heavy (non-hydrogen) atoms. The second-order valence-electron chi connectivity index (χ2n) is 4.22. The number of nitrogens with one attached hydrogen (secondary N) is 1. The van der Waals surface area contributed by atoms with Crippen molar-refractivity contribution in [2.75, 3.05) is 19.0 Å².